The molecule has 0 unspecified atom stereocenters. The number of hydrogen-bond acceptors (Lipinski definition) is 2. The van der Waals surface area contributed by atoms with Crippen molar-refractivity contribution in [1.82, 2.24) is 0 Å². The highest BCUT2D eigenvalue weighted by molar-refractivity contribution is 5.87. The summed E-state index contributed by atoms with van der Waals surface area (Å²) in [5.74, 6) is -3.88. The van der Waals surface area contributed by atoms with Crippen LogP contribution in [0.4, 0.5) is 17.6 Å². The monoisotopic (exact) mass is 224 g/mol. The highest BCUT2D eigenvalue weighted by Gasteiger charge is 2.32. The molecule has 1 aromatic carbocycles. The first kappa shape index (κ1) is 11.3. The number of rotatable bonds is 2. The molecule has 7 heteroatoms. The third kappa shape index (κ3) is 3.12. The van der Waals surface area contributed by atoms with Crippen molar-refractivity contribution in [2.24, 2.45) is 0 Å². The molecule has 1 N–H and O–H groups in total. The third-order valence-corrected chi connectivity index (χ3v) is 1.40. The first-order valence-corrected chi connectivity index (χ1v) is 3.58. The van der Waals surface area contributed by atoms with E-state index in [0.29, 0.717) is 12.1 Å². The Hall–Kier alpha value is -1.79. The number of ether oxygens (including phenoxy) is 1. The van der Waals surface area contributed by atoms with E-state index in [1.54, 1.807) is 0 Å². The summed E-state index contributed by atoms with van der Waals surface area (Å²) in [5, 5.41) is 8.40. The van der Waals surface area contributed by atoms with Crippen LogP contribution in [0.25, 0.3) is 0 Å². The van der Waals surface area contributed by atoms with Gasteiger partial charge in [0.2, 0.25) is 0 Å². The molecule has 0 spiro atoms. The molecule has 0 atom stereocenters. The number of carbonyl (C=O) groups is 1. The van der Waals surface area contributed by atoms with Crippen LogP contribution in [0.5, 0.6) is 5.75 Å². The molecule has 1 rings (SSSR count). The van der Waals surface area contributed by atoms with Crippen molar-refractivity contribution in [3.05, 3.63) is 29.6 Å². The normalized spacial score (nSPS) is 11.2. The SMILES string of the molecule is O=C(O)c1ccc(OC(F)(F)F)c(F)c1. The van der Waals surface area contributed by atoms with E-state index in [1.807, 2.05) is 0 Å². The molecule has 0 fully saturated rings. The quantitative estimate of drug-likeness (QED) is 0.784. The number of carboxylic acid groups (broad SMARTS) is 1. The fraction of sp³-hybridized carbons (Fsp3) is 0.125. The highest BCUT2D eigenvalue weighted by atomic mass is 19.4. The lowest BCUT2D eigenvalue weighted by molar-refractivity contribution is -0.275. The Bertz CT molecular complexity index is 386. The second kappa shape index (κ2) is 3.76. The molecule has 0 saturated carbocycles. The van der Waals surface area contributed by atoms with Gasteiger partial charge in [0.25, 0.3) is 0 Å². The minimum absolute atomic E-state index is 0.448. The predicted octanol–water partition coefficient (Wildman–Crippen LogP) is 2.42. The summed E-state index contributed by atoms with van der Waals surface area (Å²) in [7, 11) is 0. The molecule has 82 valence electrons. The Morgan fingerprint density at radius 2 is 1.93 bits per heavy atom. The minimum Gasteiger partial charge on any atom is -0.478 e. The van der Waals surface area contributed by atoms with Gasteiger partial charge in [-0.05, 0) is 18.2 Å². The van der Waals surface area contributed by atoms with Crippen LogP contribution < -0.4 is 4.74 Å². The standard InChI is InChI=1S/C8H4F4O3/c9-5-3-4(7(13)14)1-2-6(5)15-8(10,11)12/h1-3H,(H,13,14). The van der Waals surface area contributed by atoms with Gasteiger partial charge in [-0.15, -0.1) is 13.2 Å². The Labute approximate surface area is 80.9 Å². The van der Waals surface area contributed by atoms with Crippen LogP contribution in [0.15, 0.2) is 18.2 Å². The topological polar surface area (TPSA) is 46.5 Å². The molecule has 3 nitrogen and oxygen atoms in total. The first-order chi connectivity index (χ1) is 6.79. The Morgan fingerprint density at radius 1 is 1.33 bits per heavy atom. The van der Waals surface area contributed by atoms with E-state index in [-0.39, 0.29) is 0 Å². The van der Waals surface area contributed by atoms with Crippen LogP contribution in [0.2, 0.25) is 0 Å². The number of alkyl halides is 3. The summed E-state index contributed by atoms with van der Waals surface area (Å²) in [6.07, 6.45) is -5.01. The van der Waals surface area contributed by atoms with Gasteiger partial charge in [0.15, 0.2) is 11.6 Å². The van der Waals surface area contributed by atoms with Gasteiger partial charge in [-0.2, -0.15) is 0 Å². The van der Waals surface area contributed by atoms with Gasteiger partial charge in [0, 0.05) is 0 Å². The van der Waals surface area contributed by atoms with E-state index in [4.69, 9.17) is 5.11 Å². The van der Waals surface area contributed by atoms with Gasteiger partial charge >= 0.3 is 12.3 Å². The van der Waals surface area contributed by atoms with Gasteiger partial charge in [-0.1, -0.05) is 0 Å². The zero-order chi connectivity index (χ0) is 11.6. The number of carboxylic acids is 1. The molecule has 15 heavy (non-hydrogen) atoms. The van der Waals surface area contributed by atoms with Crippen molar-refractivity contribution < 1.29 is 32.2 Å². The van der Waals surface area contributed by atoms with Crippen LogP contribution in [-0.2, 0) is 0 Å². The summed E-state index contributed by atoms with van der Waals surface area (Å²) < 4.78 is 51.2. The average molecular weight is 224 g/mol. The number of hydrogen-bond donors (Lipinski definition) is 1. The Balaban J connectivity index is 2.99. The van der Waals surface area contributed by atoms with Gasteiger partial charge in [-0.3, -0.25) is 0 Å². The van der Waals surface area contributed by atoms with E-state index in [2.05, 4.69) is 4.74 Å². The first-order valence-electron chi connectivity index (χ1n) is 3.58. The lowest BCUT2D eigenvalue weighted by Gasteiger charge is -2.09. The molecule has 0 aliphatic rings. The fourth-order valence-electron chi connectivity index (χ4n) is 0.841. The van der Waals surface area contributed by atoms with Crippen LogP contribution in [-0.4, -0.2) is 17.4 Å². The van der Waals surface area contributed by atoms with Crippen molar-refractivity contribution in [1.29, 1.82) is 0 Å². The van der Waals surface area contributed by atoms with E-state index in [0.717, 1.165) is 6.07 Å². The average Bonchev–Trinajstić information content (AvgIpc) is 2.05. The van der Waals surface area contributed by atoms with Crippen molar-refractivity contribution in [2.75, 3.05) is 0 Å². The summed E-state index contributed by atoms with van der Waals surface area (Å²) in [6, 6.07) is 1.86. The van der Waals surface area contributed by atoms with Gasteiger partial charge in [0.05, 0.1) is 5.56 Å². The maximum Gasteiger partial charge on any atom is 0.573 e. The van der Waals surface area contributed by atoms with E-state index in [1.165, 1.54) is 0 Å². The lowest BCUT2D eigenvalue weighted by Crippen LogP contribution is -2.18. The molecule has 0 bridgehead atoms. The fourth-order valence-corrected chi connectivity index (χ4v) is 0.841. The Kier molecular flexibility index (Phi) is 2.83. The smallest absolute Gasteiger partial charge is 0.478 e. The van der Waals surface area contributed by atoms with Crippen LogP contribution in [0.3, 0.4) is 0 Å². The third-order valence-electron chi connectivity index (χ3n) is 1.40. The van der Waals surface area contributed by atoms with Crippen molar-refractivity contribution in [2.45, 2.75) is 6.36 Å². The molecular formula is C8H4F4O3. The molecule has 0 aromatic heterocycles. The van der Waals surface area contributed by atoms with Crippen LogP contribution in [0, 0.1) is 5.82 Å². The minimum atomic E-state index is -5.01. The summed E-state index contributed by atoms with van der Waals surface area (Å²) in [5.41, 5.74) is -0.456. The van der Waals surface area contributed by atoms with Crippen LogP contribution >= 0.6 is 0 Å². The molecule has 1 aromatic rings. The molecule has 0 radical (unpaired) electrons. The van der Waals surface area contributed by atoms with Crippen LogP contribution in [0.1, 0.15) is 10.4 Å². The largest absolute Gasteiger partial charge is 0.573 e. The maximum absolute atomic E-state index is 12.9. The maximum atomic E-state index is 12.9. The number of halogens is 4. The zero-order valence-corrected chi connectivity index (χ0v) is 7.01. The second-order valence-electron chi connectivity index (χ2n) is 2.50. The van der Waals surface area contributed by atoms with Gasteiger partial charge in [-0.25, -0.2) is 9.18 Å². The summed E-state index contributed by atoms with van der Waals surface area (Å²) in [6.45, 7) is 0. The number of aromatic carboxylic acids is 1. The predicted molar refractivity (Wildman–Crippen MR) is 40.0 cm³/mol. The molecule has 0 heterocycles. The van der Waals surface area contributed by atoms with Gasteiger partial charge < -0.3 is 9.84 Å². The highest BCUT2D eigenvalue weighted by Crippen LogP contribution is 2.25. The number of benzene rings is 1. The zero-order valence-electron chi connectivity index (χ0n) is 7.01. The van der Waals surface area contributed by atoms with E-state index >= 15 is 0 Å². The Morgan fingerprint density at radius 3 is 2.33 bits per heavy atom. The van der Waals surface area contributed by atoms with Crippen molar-refractivity contribution in [3.8, 4) is 5.75 Å². The summed E-state index contributed by atoms with van der Waals surface area (Å²) >= 11 is 0. The molecule has 0 saturated heterocycles. The lowest BCUT2D eigenvalue weighted by atomic mass is 10.2. The van der Waals surface area contributed by atoms with Crippen molar-refractivity contribution >= 4 is 5.97 Å². The van der Waals surface area contributed by atoms with Crippen molar-refractivity contribution in [3.63, 3.8) is 0 Å². The molecule has 0 aliphatic heterocycles. The molecule has 0 aliphatic carbocycles. The molecular weight excluding hydrogens is 220 g/mol. The summed E-state index contributed by atoms with van der Waals surface area (Å²) in [4.78, 5) is 10.3. The molecule has 0 amide bonds. The van der Waals surface area contributed by atoms with E-state index in [9.17, 15) is 22.4 Å². The second-order valence-corrected chi connectivity index (χ2v) is 2.50. The van der Waals surface area contributed by atoms with Gasteiger partial charge in [0.1, 0.15) is 0 Å². The van der Waals surface area contributed by atoms with E-state index < -0.39 is 29.5 Å².